The van der Waals surface area contributed by atoms with Crippen molar-refractivity contribution in [2.24, 2.45) is 0 Å². The smallest absolute Gasteiger partial charge is 0.258 e. The van der Waals surface area contributed by atoms with Crippen LogP contribution < -0.4 is 5.32 Å². The zero-order chi connectivity index (χ0) is 19.8. The average Bonchev–Trinajstić information content (AvgIpc) is 3.29. The van der Waals surface area contributed by atoms with Crippen molar-refractivity contribution in [1.29, 1.82) is 0 Å². The van der Waals surface area contributed by atoms with Gasteiger partial charge < -0.3 is 4.57 Å². The highest BCUT2D eigenvalue weighted by molar-refractivity contribution is 6.35. The average molecular weight is 386 g/mol. The molecule has 4 heterocycles. The Labute approximate surface area is 168 Å². The second-order valence-corrected chi connectivity index (χ2v) is 7.67. The molecule has 2 aliphatic heterocycles. The molecule has 0 bridgehead atoms. The Kier molecular flexibility index (Phi) is 4.48. The number of nitrogens with one attached hydrogen (secondary N) is 1. The van der Waals surface area contributed by atoms with Crippen molar-refractivity contribution >= 4 is 28.3 Å². The first-order valence-corrected chi connectivity index (χ1v) is 9.98. The van der Waals surface area contributed by atoms with Gasteiger partial charge in [0.05, 0.1) is 11.3 Å². The summed E-state index contributed by atoms with van der Waals surface area (Å²) in [4.78, 5) is 30.7. The fourth-order valence-electron chi connectivity index (χ4n) is 4.41. The minimum absolute atomic E-state index is 0.317. The molecule has 29 heavy (non-hydrogen) atoms. The van der Waals surface area contributed by atoms with Crippen molar-refractivity contribution in [2.75, 3.05) is 13.1 Å². The van der Waals surface area contributed by atoms with Crippen LogP contribution in [0.1, 0.15) is 30.1 Å². The van der Waals surface area contributed by atoms with E-state index in [-0.39, 0.29) is 11.8 Å². The number of piperidine rings is 1. The van der Waals surface area contributed by atoms with Gasteiger partial charge in [-0.25, -0.2) is 0 Å². The fourth-order valence-corrected chi connectivity index (χ4v) is 4.41. The van der Waals surface area contributed by atoms with Crippen LogP contribution in [-0.4, -0.2) is 39.4 Å². The van der Waals surface area contributed by atoms with Gasteiger partial charge in [-0.2, -0.15) is 0 Å². The molecule has 1 N–H and O–H groups in total. The summed E-state index contributed by atoms with van der Waals surface area (Å²) in [5.74, 6) is -0.659. The quantitative estimate of drug-likeness (QED) is 0.700. The first-order valence-electron chi connectivity index (χ1n) is 9.98. The summed E-state index contributed by atoms with van der Waals surface area (Å²) in [5, 5.41) is 3.37. The number of hydrogen-bond donors (Lipinski definition) is 1. The SMILES string of the molecule is O=C1C=C(c2cn(C3CCN(Cc4ccccn4)CC3)c3ccccc23)C(=O)N1. The van der Waals surface area contributed by atoms with Crippen LogP contribution in [0.2, 0.25) is 0 Å². The highest BCUT2D eigenvalue weighted by Gasteiger charge is 2.28. The first-order chi connectivity index (χ1) is 14.2. The topological polar surface area (TPSA) is 67.2 Å². The Bertz CT molecular complexity index is 1110. The third-order valence-electron chi connectivity index (χ3n) is 5.85. The molecule has 0 atom stereocenters. The van der Waals surface area contributed by atoms with Crippen LogP contribution in [0.3, 0.4) is 0 Å². The normalized spacial score (nSPS) is 18.3. The van der Waals surface area contributed by atoms with Gasteiger partial charge in [0.2, 0.25) is 0 Å². The van der Waals surface area contributed by atoms with Crippen LogP contribution in [0, 0.1) is 0 Å². The zero-order valence-electron chi connectivity index (χ0n) is 16.0. The van der Waals surface area contributed by atoms with E-state index in [0.717, 1.165) is 54.6 Å². The molecule has 0 aliphatic carbocycles. The van der Waals surface area contributed by atoms with Crippen LogP contribution in [-0.2, 0) is 16.1 Å². The standard InChI is InChI=1S/C23H22N4O2/c28-22-13-19(23(29)25-22)20-15-27(21-7-2-1-6-18(20)21)17-8-11-26(12-9-17)14-16-5-3-4-10-24-16/h1-7,10,13,15,17H,8-9,11-12,14H2,(H,25,28,29). The lowest BCUT2D eigenvalue weighted by atomic mass is 10.0. The third kappa shape index (κ3) is 3.36. The van der Waals surface area contributed by atoms with Gasteiger partial charge in [-0.3, -0.25) is 24.8 Å². The van der Waals surface area contributed by atoms with Crippen LogP contribution in [0.15, 0.2) is 60.9 Å². The van der Waals surface area contributed by atoms with Gasteiger partial charge in [-0.15, -0.1) is 0 Å². The lowest BCUT2D eigenvalue weighted by Crippen LogP contribution is -2.34. The predicted octanol–water partition coefficient (Wildman–Crippen LogP) is 2.91. The molecule has 5 rings (SSSR count). The van der Waals surface area contributed by atoms with Crippen molar-refractivity contribution in [3.05, 3.63) is 72.2 Å². The van der Waals surface area contributed by atoms with Crippen molar-refractivity contribution in [3.8, 4) is 0 Å². The lowest BCUT2D eigenvalue weighted by Gasteiger charge is -2.33. The number of rotatable bonds is 4. The van der Waals surface area contributed by atoms with Gasteiger partial charge in [0.25, 0.3) is 11.8 Å². The van der Waals surface area contributed by atoms with Gasteiger partial charge in [0, 0.05) is 60.6 Å². The van der Waals surface area contributed by atoms with Gasteiger partial charge in [-0.1, -0.05) is 24.3 Å². The van der Waals surface area contributed by atoms with E-state index in [1.54, 1.807) is 0 Å². The van der Waals surface area contributed by atoms with Gasteiger partial charge in [0.15, 0.2) is 0 Å². The molecule has 6 heteroatoms. The molecule has 2 amide bonds. The maximum Gasteiger partial charge on any atom is 0.258 e. The molecular weight excluding hydrogens is 364 g/mol. The summed E-state index contributed by atoms with van der Waals surface area (Å²) in [6.07, 6.45) is 7.37. The predicted molar refractivity (Wildman–Crippen MR) is 111 cm³/mol. The molecule has 0 radical (unpaired) electrons. The second-order valence-electron chi connectivity index (χ2n) is 7.67. The number of fused-ring (bicyclic) bond motifs is 1. The van der Waals surface area contributed by atoms with Crippen LogP contribution in [0.4, 0.5) is 0 Å². The third-order valence-corrected chi connectivity index (χ3v) is 5.85. The van der Waals surface area contributed by atoms with E-state index in [9.17, 15) is 9.59 Å². The van der Waals surface area contributed by atoms with Crippen molar-refractivity contribution in [2.45, 2.75) is 25.4 Å². The van der Waals surface area contributed by atoms with Gasteiger partial charge >= 0.3 is 0 Å². The Hall–Kier alpha value is -3.25. The maximum atomic E-state index is 12.2. The molecule has 2 aromatic heterocycles. The molecule has 0 spiro atoms. The molecule has 2 aliphatic rings. The second kappa shape index (κ2) is 7.29. The van der Waals surface area contributed by atoms with Crippen LogP contribution in [0.5, 0.6) is 0 Å². The number of likely N-dealkylation sites (tertiary alicyclic amines) is 1. The minimum Gasteiger partial charge on any atom is -0.344 e. The van der Waals surface area contributed by atoms with E-state index in [1.807, 2.05) is 42.7 Å². The van der Waals surface area contributed by atoms with E-state index in [4.69, 9.17) is 0 Å². The molecule has 0 saturated carbocycles. The number of imide groups is 1. The van der Waals surface area contributed by atoms with E-state index >= 15 is 0 Å². The van der Waals surface area contributed by atoms with Gasteiger partial charge in [-0.05, 0) is 31.0 Å². The molecule has 1 aromatic carbocycles. The van der Waals surface area contributed by atoms with Gasteiger partial charge in [0.1, 0.15) is 0 Å². The Morgan fingerprint density at radius 2 is 1.83 bits per heavy atom. The summed E-state index contributed by atoms with van der Waals surface area (Å²) >= 11 is 0. The van der Waals surface area contributed by atoms with Crippen molar-refractivity contribution in [3.63, 3.8) is 0 Å². The molecule has 1 saturated heterocycles. The summed E-state index contributed by atoms with van der Waals surface area (Å²) < 4.78 is 2.29. The zero-order valence-corrected chi connectivity index (χ0v) is 16.0. The maximum absolute atomic E-state index is 12.2. The fraction of sp³-hybridized carbons (Fsp3) is 0.261. The Morgan fingerprint density at radius 1 is 1.03 bits per heavy atom. The summed E-state index contributed by atoms with van der Waals surface area (Å²) in [6, 6.07) is 14.5. The highest BCUT2D eigenvalue weighted by atomic mass is 16.2. The van der Waals surface area contributed by atoms with Crippen molar-refractivity contribution in [1.82, 2.24) is 19.8 Å². The Morgan fingerprint density at radius 3 is 2.55 bits per heavy atom. The van der Waals surface area contributed by atoms with E-state index in [2.05, 4.69) is 31.9 Å². The minimum atomic E-state index is -0.343. The molecule has 0 unspecified atom stereocenters. The number of para-hydroxylation sites is 1. The van der Waals surface area contributed by atoms with E-state index in [1.165, 1.54) is 6.08 Å². The summed E-state index contributed by atoms with van der Waals surface area (Å²) in [7, 11) is 0. The Balaban J connectivity index is 1.40. The summed E-state index contributed by atoms with van der Waals surface area (Å²) in [6.45, 7) is 2.88. The largest absolute Gasteiger partial charge is 0.344 e. The highest BCUT2D eigenvalue weighted by Crippen LogP contribution is 2.34. The number of benzene rings is 1. The molecular formula is C23H22N4O2. The molecule has 1 fully saturated rings. The lowest BCUT2D eigenvalue weighted by molar-refractivity contribution is -0.123. The number of hydrogen-bond acceptors (Lipinski definition) is 4. The summed E-state index contributed by atoms with van der Waals surface area (Å²) in [5.41, 5.74) is 3.50. The number of aromatic nitrogens is 2. The van der Waals surface area contributed by atoms with Crippen LogP contribution >= 0.6 is 0 Å². The van der Waals surface area contributed by atoms with Crippen molar-refractivity contribution < 1.29 is 9.59 Å². The number of amides is 2. The monoisotopic (exact) mass is 386 g/mol. The molecule has 146 valence electrons. The number of nitrogens with zero attached hydrogens (tertiary/aromatic N) is 3. The first kappa shape index (κ1) is 17.8. The number of pyridine rings is 1. The molecule has 6 nitrogen and oxygen atoms in total. The number of carbonyl (C=O) groups is 2. The van der Waals surface area contributed by atoms with E-state index in [0.29, 0.717) is 11.6 Å². The van der Waals surface area contributed by atoms with E-state index < -0.39 is 0 Å². The molecule has 3 aromatic rings. The number of carbonyl (C=O) groups excluding carboxylic acids is 2. The van der Waals surface area contributed by atoms with Crippen LogP contribution in [0.25, 0.3) is 16.5 Å².